The molecule has 0 saturated heterocycles. The van der Waals surface area contributed by atoms with Crippen LogP contribution in [0.25, 0.3) is 22.3 Å². The topological polar surface area (TPSA) is 77.0 Å². The number of aromatic nitrogens is 4. The first-order chi connectivity index (χ1) is 11.6. The van der Waals surface area contributed by atoms with Gasteiger partial charge in [0.05, 0.1) is 17.8 Å². The molecular weight excluding hydrogens is 304 g/mol. The molecule has 2 heterocycles. The Morgan fingerprint density at radius 3 is 2.75 bits per heavy atom. The maximum atomic E-state index is 9.63. The van der Waals surface area contributed by atoms with Gasteiger partial charge in [-0.05, 0) is 45.6 Å². The van der Waals surface area contributed by atoms with Crippen molar-refractivity contribution in [3.05, 3.63) is 30.3 Å². The number of aliphatic hydroxyl groups excluding tert-OH is 1. The summed E-state index contributed by atoms with van der Waals surface area (Å²) in [6.07, 6.45) is 5.13. The zero-order valence-electron chi connectivity index (χ0n) is 14.0. The monoisotopic (exact) mass is 326 g/mol. The van der Waals surface area contributed by atoms with Crippen molar-refractivity contribution in [2.45, 2.75) is 57.6 Å². The second kappa shape index (κ2) is 6.02. The van der Waals surface area contributed by atoms with Crippen LogP contribution in [0, 0.1) is 0 Å². The molecule has 6 nitrogen and oxygen atoms in total. The molecule has 0 radical (unpaired) electrons. The van der Waals surface area contributed by atoms with Gasteiger partial charge in [0.15, 0.2) is 0 Å². The molecule has 1 aliphatic carbocycles. The van der Waals surface area contributed by atoms with Crippen LogP contribution in [0.5, 0.6) is 0 Å². The highest BCUT2D eigenvalue weighted by atomic mass is 16.5. The lowest BCUT2D eigenvalue weighted by Gasteiger charge is -2.22. The minimum Gasteiger partial charge on any atom is -0.393 e. The minimum atomic E-state index is -0.178. The Labute approximate surface area is 140 Å². The molecule has 6 heteroatoms. The van der Waals surface area contributed by atoms with Crippen molar-refractivity contribution in [2.75, 3.05) is 0 Å². The third kappa shape index (κ3) is 2.71. The first kappa shape index (κ1) is 15.3. The van der Waals surface area contributed by atoms with Gasteiger partial charge < -0.3 is 9.63 Å². The van der Waals surface area contributed by atoms with Gasteiger partial charge >= 0.3 is 0 Å². The Morgan fingerprint density at radius 1 is 1.21 bits per heavy atom. The van der Waals surface area contributed by atoms with Crippen molar-refractivity contribution in [2.24, 2.45) is 0 Å². The first-order valence-electron chi connectivity index (χ1n) is 8.61. The number of aliphatic hydroxyl groups is 1. The Kier molecular flexibility index (Phi) is 3.84. The number of rotatable bonds is 3. The van der Waals surface area contributed by atoms with Crippen LogP contribution < -0.4 is 0 Å². The van der Waals surface area contributed by atoms with E-state index in [1.807, 2.05) is 23.0 Å². The molecule has 1 fully saturated rings. The zero-order valence-corrected chi connectivity index (χ0v) is 14.0. The van der Waals surface area contributed by atoms with Crippen LogP contribution in [-0.4, -0.2) is 31.1 Å². The molecule has 3 aromatic rings. The molecule has 1 N–H and O–H groups in total. The van der Waals surface area contributed by atoms with Crippen molar-refractivity contribution in [1.82, 2.24) is 19.9 Å². The van der Waals surface area contributed by atoms with E-state index < -0.39 is 0 Å². The molecule has 2 aromatic heterocycles. The summed E-state index contributed by atoms with van der Waals surface area (Å²) in [4.78, 5) is 4.61. The largest absolute Gasteiger partial charge is 0.393 e. The molecule has 0 amide bonds. The Hall–Kier alpha value is -2.21. The lowest BCUT2D eigenvalue weighted by Crippen LogP contribution is -2.17. The Morgan fingerprint density at radius 2 is 2.00 bits per heavy atom. The summed E-state index contributed by atoms with van der Waals surface area (Å²) in [6.45, 7) is 4.23. The molecule has 1 aromatic carbocycles. The van der Waals surface area contributed by atoms with Gasteiger partial charge in [-0.2, -0.15) is 10.1 Å². The molecule has 0 atom stereocenters. The highest BCUT2D eigenvalue weighted by Crippen LogP contribution is 2.33. The molecule has 0 bridgehead atoms. The highest BCUT2D eigenvalue weighted by molar-refractivity contribution is 5.83. The van der Waals surface area contributed by atoms with Crippen LogP contribution in [0.3, 0.4) is 0 Å². The summed E-state index contributed by atoms with van der Waals surface area (Å²) in [5, 5.41) is 19.4. The van der Waals surface area contributed by atoms with Crippen molar-refractivity contribution < 1.29 is 9.63 Å². The smallest absolute Gasteiger partial charge is 0.230 e. The number of hydrogen-bond acceptors (Lipinski definition) is 5. The van der Waals surface area contributed by atoms with Crippen LogP contribution >= 0.6 is 0 Å². The molecule has 0 spiro atoms. The molecule has 126 valence electrons. The van der Waals surface area contributed by atoms with Crippen molar-refractivity contribution >= 4 is 10.9 Å². The third-order valence-electron chi connectivity index (χ3n) is 4.83. The number of benzene rings is 1. The van der Waals surface area contributed by atoms with Gasteiger partial charge in [-0.3, -0.25) is 4.68 Å². The maximum Gasteiger partial charge on any atom is 0.230 e. The van der Waals surface area contributed by atoms with E-state index in [4.69, 9.17) is 4.52 Å². The van der Waals surface area contributed by atoms with Crippen molar-refractivity contribution in [3.63, 3.8) is 0 Å². The quantitative estimate of drug-likeness (QED) is 0.794. The van der Waals surface area contributed by atoms with E-state index in [2.05, 4.69) is 35.2 Å². The summed E-state index contributed by atoms with van der Waals surface area (Å²) in [7, 11) is 0. The normalized spacial score (nSPS) is 21.7. The van der Waals surface area contributed by atoms with E-state index in [0.29, 0.717) is 17.8 Å². The van der Waals surface area contributed by atoms with Crippen LogP contribution in [0.1, 0.15) is 57.4 Å². The van der Waals surface area contributed by atoms with Gasteiger partial charge in [0.25, 0.3) is 0 Å². The fraction of sp³-hybridized carbons (Fsp3) is 0.500. The van der Waals surface area contributed by atoms with Gasteiger partial charge in [0, 0.05) is 22.9 Å². The van der Waals surface area contributed by atoms with Crippen LogP contribution in [0.15, 0.2) is 28.9 Å². The lowest BCUT2D eigenvalue weighted by molar-refractivity contribution is 0.116. The number of hydrogen-bond donors (Lipinski definition) is 1. The molecule has 0 unspecified atom stereocenters. The van der Waals surface area contributed by atoms with E-state index in [9.17, 15) is 5.11 Å². The van der Waals surface area contributed by atoms with Crippen molar-refractivity contribution in [1.29, 1.82) is 0 Å². The van der Waals surface area contributed by atoms with E-state index in [-0.39, 0.29) is 12.0 Å². The molecule has 1 saturated carbocycles. The fourth-order valence-corrected chi connectivity index (χ4v) is 3.43. The summed E-state index contributed by atoms with van der Waals surface area (Å²) in [5.41, 5.74) is 2.02. The average Bonchev–Trinajstić information content (AvgIpc) is 3.22. The predicted octanol–water partition coefficient (Wildman–Crippen LogP) is 3.69. The lowest BCUT2D eigenvalue weighted by atomic mass is 9.87. The Bertz CT molecular complexity index is 844. The van der Waals surface area contributed by atoms with Gasteiger partial charge in [0.1, 0.15) is 0 Å². The van der Waals surface area contributed by atoms with Gasteiger partial charge in [0.2, 0.25) is 11.7 Å². The summed E-state index contributed by atoms with van der Waals surface area (Å²) in [5.74, 6) is 1.57. The summed E-state index contributed by atoms with van der Waals surface area (Å²) < 4.78 is 7.50. The number of fused-ring (bicyclic) bond motifs is 1. The van der Waals surface area contributed by atoms with Crippen LogP contribution in [-0.2, 0) is 0 Å². The van der Waals surface area contributed by atoms with E-state index in [1.165, 1.54) is 0 Å². The zero-order chi connectivity index (χ0) is 16.7. The maximum absolute atomic E-state index is 9.63. The van der Waals surface area contributed by atoms with E-state index in [1.54, 1.807) is 0 Å². The average molecular weight is 326 g/mol. The predicted molar refractivity (Wildman–Crippen MR) is 90.6 cm³/mol. The number of nitrogens with zero attached hydrogens (tertiary/aromatic N) is 4. The minimum absolute atomic E-state index is 0.178. The molecule has 1 aliphatic rings. The van der Waals surface area contributed by atoms with Gasteiger partial charge in [-0.1, -0.05) is 17.3 Å². The molecule has 4 rings (SSSR count). The standard InChI is InChI=1S/C18H22N4O2/c1-11(2)22-16-9-13(3-4-14(16)10-19-22)17-20-18(24-21-17)12-5-7-15(23)8-6-12/h3-4,9-12,15,23H,5-8H2,1-2H3. The summed E-state index contributed by atoms with van der Waals surface area (Å²) >= 11 is 0. The second-order valence-electron chi connectivity index (χ2n) is 6.92. The molecule has 24 heavy (non-hydrogen) atoms. The van der Waals surface area contributed by atoms with Crippen LogP contribution in [0.2, 0.25) is 0 Å². The van der Waals surface area contributed by atoms with Crippen LogP contribution in [0.4, 0.5) is 0 Å². The van der Waals surface area contributed by atoms with E-state index >= 15 is 0 Å². The first-order valence-corrected chi connectivity index (χ1v) is 8.61. The van der Waals surface area contributed by atoms with Crippen molar-refractivity contribution in [3.8, 4) is 11.4 Å². The molecular formula is C18H22N4O2. The second-order valence-corrected chi connectivity index (χ2v) is 6.92. The Balaban J connectivity index is 1.64. The third-order valence-corrected chi connectivity index (χ3v) is 4.83. The molecule has 0 aliphatic heterocycles. The van der Waals surface area contributed by atoms with E-state index in [0.717, 1.165) is 42.1 Å². The van der Waals surface area contributed by atoms with Gasteiger partial charge in [-0.25, -0.2) is 0 Å². The highest BCUT2D eigenvalue weighted by Gasteiger charge is 2.25. The van der Waals surface area contributed by atoms with Gasteiger partial charge in [-0.15, -0.1) is 0 Å². The fourth-order valence-electron chi connectivity index (χ4n) is 3.43. The SMILES string of the molecule is CC(C)n1ncc2ccc(-c3noc(C4CCC(O)CC4)n3)cc21. The summed E-state index contributed by atoms with van der Waals surface area (Å²) in [6, 6.07) is 6.42.